The molecule has 3 aliphatic rings. The Kier molecular flexibility index (Phi) is 3.69. The van der Waals surface area contributed by atoms with Gasteiger partial charge in [0.15, 0.2) is 0 Å². The second-order valence-electron chi connectivity index (χ2n) is 7.94. The Morgan fingerprint density at radius 3 is 2.69 bits per heavy atom. The second kappa shape index (κ2) is 5.87. The van der Waals surface area contributed by atoms with E-state index in [1.165, 1.54) is 15.5 Å². The monoisotopic (exact) mass is 433 g/mol. The molecule has 3 N–H and O–H groups in total. The van der Waals surface area contributed by atoms with Crippen molar-refractivity contribution in [2.45, 2.75) is 31.3 Å². The highest BCUT2D eigenvalue weighted by atomic mass is 35.5. The van der Waals surface area contributed by atoms with Gasteiger partial charge in [0.1, 0.15) is 34.8 Å². The lowest BCUT2D eigenvalue weighted by atomic mass is 9.71. The van der Waals surface area contributed by atoms with Gasteiger partial charge < -0.3 is 15.6 Å². The third-order valence-electron chi connectivity index (χ3n) is 6.07. The Labute approximate surface area is 176 Å². The number of halogens is 2. The number of carbonyl (C=O) groups is 1. The predicted octanol–water partition coefficient (Wildman–Crippen LogP) is 2.39. The molecule has 1 amide bonds. The van der Waals surface area contributed by atoms with Gasteiger partial charge in [0.2, 0.25) is 0 Å². The minimum atomic E-state index is -0.701. The number of carbonyl (C=O) groups excluding carboxylic acids is 1. The quantitative estimate of drug-likeness (QED) is 0.535. The molecule has 3 aromatic rings. The lowest BCUT2D eigenvalue weighted by Crippen LogP contribution is -2.73. The molecule has 0 bridgehead atoms. The molecule has 3 aromatic heterocycles. The van der Waals surface area contributed by atoms with Gasteiger partial charge >= 0.3 is 0 Å². The summed E-state index contributed by atoms with van der Waals surface area (Å²) in [4.78, 5) is 37.2. The van der Waals surface area contributed by atoms with E-state index < -0.39 is 11.2 Å². The third kappa shape index (κ3) is 2.47. The molecule has 6 rings (SSSR count). The van der Waals surface area contributed by atoms with Gasteiger partial charge in [-0.15, -0.1) is 12.4 Å². The summed E-state index contributed by atoms with van der Waals surface area (Å²) in [6.07, 6.45) is 6.99. The maximum absolute atomic E-state index is 13.2. The van der Waals surface area contributed by atoms with Gasteiger partial charge in [-0.25, -0.2) is 9.97 Å². The van der Waals surface area contributed by atoms with E-state index in [4.69, 9.17) is 11.8 Å². The van der Waals surface area contributed by atoms with Gasteiger partial charge in [-0.3, -0.25) is 9.59 Å². The lowest BCUT2D eigenvalue weighted by Gasteiger charge is -2.55. The van der Waals surface area contributed by atoms with Gasteiger partial charge in [-0.1, -0.05) is 0 Å². The third-order valence-corrected chi connectivity index (χ3v) is 6.54. The molecule has 9 nitrogen and oxygen atoms in total. The number of fused-ring (bicyclic) bond motifs is 2. The van der Waals surface area contributed by atoms with Crippen molar-refractivity contribution in [3.05, 3.63) is 46.8 Å². The molecular formula is C18H17Cl2N7O2. The topological polar surface area (TPSA) is 108 Å². The molecule has 0 aromatic carbocycles. The Hall–Kier alpha value is -2.78. The number of hydrogen-bond donors (Lipinski definition) is 3. The predicted molar refractivity (Wildman–Crippen MR) is 110 cm³/mol. The fourth-order valence-electron chi connectivity index (χ4n) is 4.52. The number of H-pyrrole nitrogens is 1. The summed E-state index contributed by atoms with van der Waals surface area (Å²) in [6.45, 7) is 0. The molecule has 0 radical (unpaired) electrons. The highest BCUT2D eigenvalue weighted by Crippen LogP contribution is 2.65. The van der Waals surface area contributed by atoms with Crippen LogP contribution in [-0.2, 0) is 0 Å². The first-order valence-corrected chi connectivity index (χ1v) is 9.44. The maximum atomic E-state index is 13.2. The van der Waals surface area contributed by atoms with E-state index in [0.717, 1.165) is 31.1 Å². The van der Waals surface area contributed by atoms with Crippen LogP contribution in [0.1, 0.15) is 36.2 Å². The highest BCUT2D eigenvalue weighted by Gasteiger charge is 2.66. The van der Waals surface area contributed by atoms with Crippen molar-refractivity contribution in [2.24, 2.45) is 5.41 Å². The number of nitrogens with zero attached hydrogens (tertiary/aromatic N) is 4. The van der Waals surface area contributed by atoms with Crippen LogP contribution in [0.2, 0.25) is 0 Å². The Balaban J connectivity index is 0.00000181. The van der Waals surface area contributed by atoms with Crippen molar-refractivity contribution in [3.8, 4) is 0 Å². The number of aromatic amines is 1. The van der Waals surface area contributed by atoms with Crippen LogP contribution < -0.4 is 20.7 Å². The molecule has 0 atom stereocenters. The smallest absolute Gasteiger partial charge is 0.294 e. The van der Waals surface area contributed by atoms with E-state index in [1.807, 2.05) is 6.07 Å². The van der Waals surface area contributed by atoms with Crippen molar-refractivity contribution in [3.63, 3.8) is 0 Å². The highest BCUT2D eigenvalue weighted by molar-refractivity contribution is 6.23. The SMILES string of the molecule is Cl.O=C1NC2(CC3(CC3)C2)N(Cl)n2c1ccc(Nc1ncnc3[nH]ccc13)c2=O. The number of nitrogens with one attached hydrogen (secondary N) is 3. The molecule has 150 valence electrons. The zero-order valence-electron chi connectivity index (χ0n) is 15.1. The molecule has 4 heterocycles. The molecule has 2 saturated carbocycles. The summed E-state index contributed by atoms with van der Waals surface area (Å²) in [5.74, 6) is 0.215. The summed E-state index contributed by atoms with van der Waals surface area (Å²) < 4.78 is 2.63. The lowest BCUT2D eigenvalue weighted by molar-refractivity contribution is 0.0486. The summed E-state index contributed by atoms with van der Waals surface area (Å²) in [7, 11) is 0. The van der Waals surface area contributed by atoms with Crippen molar-refractivity contribution in [1.82, 2.24) is 24.9 Å². The van der Waals surface area contributed by atoms with Crippen LogP contribution in [0, 0.1) is 5.41 Å². The van der Waals surface area contributed by atoms with Crippen LogP contribution in [0.25, 0.3) is 11.0 Å². The minimum absolute atomic E-state index is 0. The molecule has 1 aliphatic heterocycles. The number of amides is 1. The number of pyridine rings is 1. The van der Waals surface area contributed by atoms with E-state index in [0.29, 0.717) is 11.5 Å². The molecule has 2 spiro atoms. The molecule has 2 fully saturated rings. The van der Waals surface area contributed by atoms with E-state index in [2.05, 4.69) is 25.6 Å². The molecule has 0 unspecified atom stereocenters. The zero-order chi connectivity index (χ0) is 19.1. The van der Waals surface area contributed by atoms with Crippen molar-refractivity contribution in [2.75, 3.05) is 9.84 Å². The standard InChI is InChI=1S/C18H16ClN7O2.ClH/c19-26-18(7-17(8-18)4-5-17)24-15(27)12-2-1-11(16(28)25(12)26)23-14-10-3-6-20-13(10)21-9-22-14;/h1-3,6,9H,4-5,7-8H2,(H,24,27)(H2,20,21,22,23);1H. The summed E-state index contributed by atoms with van der Waals surface area (Å²) in [5.41, 5.74) is 0.340. The van der Waals surface area contributed by atoms with Crippen LogP contribution in [0.15, 0.2) is 35.5 Å². The Morgan fingerprint density at radius 2 is 1.93 bits per heavy atom. The molecule has 29 heavy (non-hydrogen) atoms. The average Bonchev–Trinajstić information content (AvgIpc) is 3.27. The van der Waals surface area contributed by atoms with Crippen LogP contribution in [0.5, 0.6) is 0 Å². The summed E-state index contributed by atoms with van der Waals surface area (Å²) in [6, 6.07) is 4.98. The average molecular weight is 434 g/mol. The van der Waals surface area contributed by atoms with Crippen molar-refractivity contribution in [1.29, 1.82) is 0 Å². The summed E-state index contributed by atoms with van der Waals surface area (Å²) >= 11 is 6.61. The fraction of sp³-hybridized carbons (Fsp3) is 0.333. The van der Waals surface area contributed by atoms with Crippen LogP contribution in [0.4, 0.5) is 11.5 Å². The molecular weight excluding hydrogens is 417 g/mol. The van der Waals surface area contributed by atoms with E-state index in [1.54, 1.807) is 18.3 Å². The fourth-order valence-corrected chi connectivity index (χ4v) is 4.83. The Morgan fingerprint density at radius 1 is 1.14 bits per heavy atom. The van der Waals surface area contributed by atoms with Gasteiger partial charge in [0, 0.05) is 18.0 Å². The van der Waals surface area contributed by atoms with Gasteiger partial charge in [0.25, 0.3) is 11.5 Å². The largest absolute Gasteiger partial charge is 0.346 e. The van der Waals surface area contributed by atoms with Crippen LogP contribution in [-0.4, -0.2) is 31.2 Å². The van der Waals surface area contributed by atoms with Gasteiger partial charge in [0.05, 0.1) is 5.39 Å². The first kappa shape index (κ1) is 18.3. The van der Waals surface area contributed by atoms with E-state index >= 15 is 0 Å². The Bertz CT molecular complexity index is 1210. The van der Waals surface area contributed by atoms with Gasteiger partial charge in [-0.2, -0.15) is 9.20 Å². The maximum Gasteiger partial charge on any atom is 0.294 e. The van der Waals surface area contributed by atoms with Crippen molar-refractivity contribution >= 4 is 52.6 Å². The molecule has 11 heteroatoms. The van der Waals surface area contributed by atoms with Crippen LogP contribution >= 0.6 is 24.2 Å². The molecule has 0 saturated heterocycles. The first-order valence-electron chi connectivity index (χ1n) is 9.10. The first-order chi connectivity index (χ1) is 13.5. The van der Waals surface area contributed by atoms with E-state index in [-0.39, 0.29) is 35.1 Å². The zero-order valence-corrected chi connectivity index (χ0v) is 16.7. The second-order valence-corrected chi connectivity index (χ2v) is 8.26. The number of aromatic nitrogens is 4. The van der Waals surface area contributed by atoms with Crippen molar-refractivity contribution < 1.29 is 4.79 Å². The van der Waals surface area contributed by atoms with Gasteiger partial charge in [-0.05, 0) is 49.3 Å². The normalized spacial score (nSPS) is 20.0. The summed E-state index contributed by atoms with van der Waals surface area (Å²) in [5, 5.41) is 6.82. The van der Waals surface area contributed by atoms with E-state index in [9.17, 15) is 9.59 Å². The number of hydrogen-bond acceptors (Lipinski definition) is 6. The minimum Gasteiger partial charge on any atom is -0.346 e. The van der Waals surface area contributed by atoms with Crippen LogP contribution in [0.3, 0.4) is 0 Å². The number of rotatable bonds is 2. The number of anilines is 2. The molecule has 2 aliphatic carbocycles.